The zero-order valence-corrected chi connectivity index (χ0v) is 13.9. The molecule has 2 aliphatic rings. The van der Waals surface area contributed by atoms with E-state index in [0.29, 0.717) is 12.8 Å². The number of carboxylic acid groups (broad SMARTS) is 1. The lowest BCUT2D eigenvalue weighted by Gasteiger charge is -2.40. The van der Waals surface area contributed by atoms with Crippen LogP contribution in [0.3, 0.4) is 0 Å². The first-order valence-electron chi connectivity index (χ1n) is 7.59. The van der Waals surface area contributed by atoms with E-state index in [0.717, 1.165) is 6.42 Å². The number of carbonyl (C=O) groups excluding carboxylic acids is 1. The van der Waals surface area contributed by atoms with E-state index >= 15 is 0 Å². The summed E-state index contributed by atoms with van der Waals surface area (Å²) >= 11 is 0. The highest BCUT2D eigenvalue weighted by atomic mass is 16.6. The molecule has 2 N–H and O–H groups in total. The molecular weight excluding hydrogens is 270 g/mol. The van der Waals surface area contributed by atoms with E-state index in [1.54, 1.807) is 0 Å². The molecule has 5 nitrogen and oxygen atoms in total. The van der Waals surface area contributed by atoms with E-state index in [9.17, 15) is 14.7 Å². The molecule has 21 heavy (non-hydrogen) atoms. The molecule has 2 rings (SSSR count). The van der Waals surface area contributed by atoms with Crippen molar-refractivity contribution in [2.24, 2.45) is 16.2 Å². The van der Waals surface area contributed by atoms with Gasteiger partial charge in [-0.1, -0.05) is 20.8 Å². The minimum Gasteiger partial charge on any atom is -0.481 e. The van der Waals surface area contributed by atoms with Crippen LogP contribution in [0.4, 0.5) is 4.79 Å². The minimum absolute atomic E-state index is 0.160. The van der Waals surface area contributed by atoms with Gasteiger partial charge >= 0.3 is 12.1 Å². The van der Waals surface area contributed by atoms with Crippen molar-refractivity contribution >= 4 is 12.1 Å². The molecule has 2 aliphatic carbocycles. The molecule has 0 aromatic carbocycles. The van der Waals surface area contributed by atoms with Crippen LogP contribution in [0.1, 0.15) is 60.8 Å². The fourth-order valence-corrected chi connectivity index (χ4v) is 4.31. The first-order valence-corrected chi connectivity index (χ1v) is 7.59. The molecule has 0 aromatic heterocycles. The summed E-state index contributed by atoms with van der Waals surface area (Å²) < 4.78 is 5.32. The number of carboxylic acids is 1. The van der Waals surface area contributed by atoms with E-state index in [-0.39, 0.29) is 16.9 Å². The highest BCUT2D eigenvalue weighted by Crippen LogP contribution is 2.72. The number of hydrogen-bond donors (Lipinski definition) is 2. The Morgan fingerprint density at radius 3 is 2.19 bits per heavy atom. The lowest BCUT2D eigenvalue weighted by atomic mass is 9.65. The SMILES string of the molecule is CC(C)(C)OC(=O)N[C@H]1C[C@@]2(C(=O)O)CC[C@@]1(C)C2(C)C. The van der Waals surface area contributed by atoms with Gasteiger partial charge in [0.05, 0.1) is 5.41 Å². The lowest BCUT2D eigenvalue weighted by Crippen LogP contribution is -2.48. The highest BCUT2D eigenvalue weighted by molar-refractivity contribution is 5.78. The molecule has 3 atom stereocenters. The smallest absolute Gasteiger partial charge is 0.407 e. The molecule has 0 aromatic rings. The summed E-state index contributed by atoms with van der Waals surface area (Å²) in [6.45, 7) is 11.6. The summed E-state index contributed by atoms with van der Waals surface area (Å²) in [7, 11) is 0. The van der Waals surface area contributed by atoms with E-state index in [4.69, 9.17) is 4.74 Å². The Labute approximate surface area is 126 Å². The van der Waals surface area contributed by atoms with Gasteiger partial charge in [0, 0.05) is 6.04 Å². The quantitative estimate of drug-likeness (QED) is 0.820. The predicted molar refractivity (Wildman–Crippen MR) is 79.0 cm³/mol. The van der Waals surface area contributed by atoms with Crippen LogP contribution in [0.25, 0.3) is 0 Å². The molecular formula is C16H27NO4. The Hall–Kier alpha value is -1.26. The van der Waals surface area contributed by atoms with Crippen molar-refractivity contribution in [3.63, 3.8) is 0 Å². The molecule has 1 amide bonds. The molecule has 5 heteroatoms. The number of rotatable bonds is 2. The number of hydrogen-bond acceptors (Lipinski definition) is 3. The third-order valence-electron chi connectivity index (χ3n) is 6.12. The predicted octanol–water partition coefficient (Wildman–Crippen LogP) is 3.18. The Balaban J connectivity index is 2.22. The van der Waals surface area contributed by atoms with E-state index in [1.807, 2.05) is 34.6 Å². The monoisotopic (exact) mass is 297 g/mol. The van der Waals surface area contributed by atoms with Crippen molar-refractivity contribution in [1.82, 2.24) is 5.32 Å². The van der Waals surface area contributed by atoms with Crippen LogP contribution >= 0.6 is 0 Å². The summed E-state index contributed by atoms with van der Waals surface area (Å²) in [6, 6.07) is -0.160. The third kappa shape index (κ3) is 2.12. The standard InChI is InChI=1S/C16H27NO4/c1-13(2,3)21-12(20)17-10-9-16(11(18)19)8-7-15(10,6)14(16,4)5/h10H,7-9H2,1-6H3,(H,17,20)(H,18,19)/t10-,15+,16+/m0/s1. The maximum atomic E-state index is 12.0. The second-order valence-corrected chi connectivity index (χ2v) is 8.33. The summed E-state index contributed by atoms with van der Waals surface area (Å²) in [5, 5.41) is 12.7. The number of alkyl carbamates (subject to hydrolysis) is 1. The molecule has 2 bridgehead atoms. The van der Waals surface area contributed by atoms with Crippen molar-refractivity contribution in [3.05, 3.63) is 0 Å². The molecule has 2 saturated carbocycles. The largest absolute Gasteiger partial charge is 0.481 e. The average Bonchev–Trinajstić information content (AvgIpc) is 2.56. The second-order valence-electron chi connectivity index (χ2n) is 8.33. The van der Waals surface area contributed by atoms with Crippen LogP contribution in [0.2, 0.25) is 0 Å². The van der Waals surface area contributed by atoms with E-state index in [2.05, 4.69) is 12.2 Å². The van der Waals surface area contributed by atoms with Gasteiger partial charge < -0.3 is 15.2 Å². The van der Waals surface area contributed by atoms with Gasteiger partial charge in [0.15, 0.2) is 0 Å². The highest BCUT2D eigenvalue weighted by Gasteiger charge is 2.72. The average molecular weight is 297 g/mol. The first kappa shape index (κ1) is 16.1. The van der Waals surface area contributed by atoms with Crippen molar-refractivity contribution in [2.75, 3.05) is 0 Å². The maximum absolute atomic E-state index is 12.0. The zero-order valence-electron chi connectivity index (χ0n) is 13.9. The summed E-state index contributed by atoms with van der Waals surface area (Å²) in [5.41, 5.74) is -1.88. The number of fused-ring (bicyclic) bond motifs is 2. The van der Waals surface area contributed by atoms with Crippen LogP contribution in [0.5, 0.6) is 0 Å². The van der Waals surface area contributed by atoms with Crippen molar-refractivity contribution in [2.45, 2.75) is 72.4 Å². The molecule has 0 aliphatic heterocycles. The number of carbonyl (C=O) groups is 2. The van der Waals surface area contributed by atoms with Gasteiger partial charge in [0.25, 0.3) is 0 Å². The lowest BCUT2D eigenvalue weighted by molar-refractivity contribution is -0.154. The van der Waals surface area contributed by atoms with Crippen molar-refractivity contribution < 1.29 is 19.4 Å². The van der Waals surface area contributed by atoms with Crippen LogP contribution in [0, 0.1) is 16.2 Å². The molecule has 0 unspecified atom stereocenters. The molecule has 0 saturated heterocycles. The van der Waals surface area contributed by atoms with Crippen molar-refractivity contribution in [1.29, 1.82) is 0 Å². The summed E-state index contributed by atoms with van der Waals surface area (Å²) in [5.74, 6) is -0.746. The Kier molecular flexibility index (Phi) is 3.35. The van der Waals surface area contributed by atoms with Crippen LogP contribution < -0.4 is 5.32 Å². The van der Waals surface area contributed by atoms with Crippen molar-refractivity contribution in [3.8, 4) is 0 Å². The molecule has 2 fully saturated rings. The maximum Gasteiger partial charge on any atom is 0.407 e. The molecule has 0 spiro atoms. The van der Waals surface area contributed by atoms with Crippen LogP contribution in [0.15, 0.2) is 0 Å². The number of ether oxygens (including phenoxy) is 1. The Bertz CT molecular complexity index is 479. The third-order valence-corrected chi connectivity index (χ3v) is 6.12. The fraction of sp³-hybridized carbons (Fsp3) is 0.875. The van der Waals surface area contributed by atoms with Gasteiger partial charge in [-0.05, 0) is 50.9 Å². The minimum atomic E-state index is -0.749. The van der Waals surface area contributed by atoms with Gasteiger partial charge in [0.2, 0.25) is 0 Å². The fourth-order valence-electron chi connectivity index (χ4n) is 4.31. The zero-order chi connectivity index (χ0) is 16.3. The molecule has 0 heterocycles. The van der Waals surface area contributed by atoms with Gasteiger partial charge in [-0.3, -0.25) is 4.79 Å². The number of nitrogens with one attached hydrogen (secondary N) is 1. The molecule has 0 radical (unpaired) electrons. The Morgan fingerprint density at radius 1 is 1.19 bits per heavy atom. The van der Waals surface area contributed by atoms with E-state index < -0.39 is 23.1 Å². The van der Waals surface area contributed by atoms with Gasteiger partial charge in [-0.2, -0.15) is 0 Å². The summed E-state index contributed by atoms with van der Waals surface area (Å²) in [4.78, 5) is 23.9. The van der Waals surface area contributed by atoms with E-state index in [1.165, 1.54) is 0 Å². The van der Waals surface area contributed by atoms with Gasteiger partial charge in [-0.15, -0.1) is 0 Å². The van der Waals surface area contributed by atoms with Gasteiger partial charge in [0.1, 0.15) is 5.60 Å². The molecule has 120 valence electrons. The van der Waals surface area contributed by atoms with Gasteiger partial charge in [-0.25, -0.2) is 4.79 Å². The topological polar surface area (TPSA) is 75.6 Å². The summed E-state index contributed by atoms with van der Waals surface area (Å²) in [6.07, 6.45) is 1.51. The number of aliphatic carboxylic acids is 1. The number of amides is 1. The Morgan fingerprint density at radius 2 is 1.76 bits per heavy atom. The van der Waals surface area contributed by atoms with Crippen LogP contribution in [-0.4, -0.2) is 28.8 Å². The normalized spacial score (nSPS) is 37.3. The second kappa shape index (κ2) is 4.37. The van der Waals surface area contributed by atoms with Crippen LogP contribution in [-0.2, 0) is 9.53 Å². The first-order chi connectivity index (χ1) is 9.36.